The molecule has 0 radical (unpaired) electrons. The molecule has 0 fully saturated rings. The van der Waals surface area contributed by atoms with Gasteiger partial charge in [0.1, 0.15) is 6.04 Å². The monoisotopic (exact) mass is 326 g/mol. The first-order chi connectivity index (χ1) is 9.27. The fraction of sp³-hybridized carbons (Fsp3) is 0.444. The third kappa shape index (κ3) is 4.53. The average molecular weight is 326 g/mol. The van der Waals surface area contributed by atoms with Crippen LogP contribution in [-0.2, 0) is 14.3 Å². The van der Waals surface area contributed by atoms with E-state index in [0.29, 0.717) is 0 Å². The van der Waals surface area contributed by atoms with E-state index in [4.69, 9.17) is 10.8 Å². The quantitative estimate of drug-likeness (QED) is 0.251. The highest BCUT2D eigenvalue weighted by atomic mass is 32.1. The first-order valence-electron chi connectivity index (χ1n) is 5.39. The highest BCUT2D eigenvalue weighted by Gasteiger charge is 2.33. The molecule has 11 heteroatoms. The molecule has 7 N–H and O–H groups in total. The summed E-state index contributed by atoms with van der Waals surface area (Å²) in [5.41, 5.74) is 5.24. The zero-order valence-corrected chi connectivity index (χ0v) is 11.9. The topological polar surface area (TPSA) is 165 Å². The van der Waals surface area contributed by atoms with E-state index in [1.807, 2.05) is 0 Å². The van der Waals surface area contributed by atoms with Crippen molar-refractivity contribution in [2.75, 3.05) is 6.16 Å². The molecule has 114 valence electrons. The van der Waals surface area contributed by atoms with Gasteiger partial charge in [-0.3, -0.25) is 9.36 Å². The molecule has 0 aromatic carbocycles. The van der Waals surface area contributed by atoms with Crippen LogP contribution in [0.25, 0.3) is 0 Å². The molecule has 2 unspecified atom stereocenters. The summed E-state index contributed by atoms with van der Waals surface area (Å²) in [6, 6.07) is 1.53. The van der Waals surface area contributed by atoms with Crippen LogP contribution in [0.1, 0.15) is 17.1 Å². The van der Waals surface area contributed by atoms with Gasteiger partial charge in [0, 0.05) is 11.0 Å². The van der Waals surface area contributed by atoms with Gasteiger partial charge in [0.25, 0.3) is 0 Å². The first-order valence-corrected chi connectivity index (χ1v) is 8.12. The maximum Gasteiger partial charge on any atom is 0.320 e. The molecule has 1 aromatic heterocycles. The Bertz CT molecular complexity index is 508. The van der Waals surface area contributed by atoms with Crippen LogP contribution in [0.4, 0.5) is 0 Å². The second-order valence-electron chi connectivity index (χ2n) is 3.92. The van der Waals surface area contributed by atoms with Crippen LogP contribution in [0, 0.1) is 0 Å². The van der Waals surface area contributed by atoms with E-state index in [-0.39, 0.29) is 16.4 Å². The van der Waals surface area contributed by atoms with Crippen molar-refractivity contribution in [3.63, 3.8) is 0 Å². The Labute approximate surface area is 118 Å². The molecule has 9 nitrogen and oxygen atoms in total. The maximum atomic E-state index is 12.0. The normalized spacial score (nSPS) is 17.2. The van der Waals surface area contributed by atoms with Crippen molar-refractivity contribution in [1.82, 2.24) is 0 Å². The molecule has 20 heavy (non-hydrogen) atoms. The molecule has 1 aromatic rings. The lowest BCUT2D eigenvalue weighted by Crippen LogP contribution is -2.31. The van der Waals surface area contributed by atoms with E-state index in [0.717, 1.165) is 11.3 Å². The molecule has 0 amide bonds. The van der Waals surface area contributed by atoms with Crippen LogP contribution in [0.2, 0.25) is 0 Å². The lowest BCUT2D eigenvalue weighted by atomic mass is 10.2. The summed E-state index contributed by atoms with van der Waals surface area (Å²) >= 11 is 0.876. The van der Waals surface area contributed by atoms with E-state index in [1.165, 1.54) is 12.1 Å². The molecule has 1 rings (SSSR count). The summed E-state index contributed by atoms with van der Waals surface area (Å²) < 4.78 is 12.0. The first kappa shape index (κ1) is 17.1. The summed E-state index contributed by atoms with van der Waals surface area (Å²) in [5.74, 6) is 1.77. The van der Waals surface area contributed by atoms with Crippen LogP contribution in [-0.4, -0.2) is 33.3 Å². The number of hydrogen-bond acceptors (Lipinski definition) is 8. The predicted molar refractivity (Wildman–Crippen MR) is 70.1 cm³/mol. The highest BCUT2D eigenvalue weighted by Crippen LogP contribution is 2.56. The van der Waals surface area contributed by atoms with E-state index in [1.54, 1.807) is 0 Å². The van der Waals surface area contributed by atoms with Gasteiger partial charge in [0.2, 0.25) is 12.4 Å². The van der Waals surface area contributed by atoms with Crippen molar-refractivity contribution in [3.05, 3.63) is 17.0 Å². The maximum absolute atomic E-state index is 12.0. The molecular formula is C9H15N2O7PS. The molecule has 0 aliphatic heterocycles. The number of thiophene rings is 1. The summed E-state index contributed by atoms with van der Waals surface area (Å²) in [6.45, 7) is 0. The van der Waals surface area contributed by atoms with Gasteiger partial charge in [-0.05, 0) is 18.6 Å². The lowest BCUT2D eigenvalue weighted by Gasteiger charge is -2.17. The lowest BCUT2D eigenvalue weighted by molar-refractivity contribution is -0.208. The molecular weight excluding hydrogens is 311 g/mol. The molecule has 0 saturated carbocycles. The Balaban J connectivity index is 2.70. The van der Waals surface area contributed by atoms with Crippen LogP contribution in [0.3, 0.4) is 0 Å². The van der Waals surface area contributed by atoms with Gasteiger partial charge in [-0.2, -0.15) is 5.90 Å². The van der Waals surface area contributed by atoms with Crippen molar-refractivity contribution in [1.29, 1.82) is 0 Å². The number of carbonyl (C=O) groups is 1. The number of carboxylic acid groups (broad SMARTS) is 1. The SMILES string of the molecule is NOOc1ccc(C(O)P(=O)(O)CC[C@H](N)C(=O)O)s1. The van der Waals surface area contributed by atoms with Crippen molar-refractivity contribution in [2.24, 2.45) is 11.6 Å². The van der Waals surface area contributed by atoms with Gasteiger partial charge in [-0.1, -0.05) is 16.3 Å². The number of carboxylic acids is 1. The summed E-state index contributed by atoms with van der Waals surface area (Å²) in [5, 5.41) is 18.7. The fourth-order valence-corrected chi connectivity index (χ4v) is 4.05. The minimum atomic E-state index is -4.01. The van der Waals surface area contributed by atoms with Crippen molar-refractivity contribution < 1.29 is 34.3 Å². The van der Waals surface area contributed by atoms with Gasteiger partial charge in [0.05, 0.1) is 0 Å². The van der Waals surface area contributed by atoms with Crippen LogP contribution >= 0.6 is 18.7 Å². The van der Waals surface area contributed by atoms with Gasteiger partial charge < -0.3 is 25.7 Å². The van der Waals surface area contributed by atoms with Crippen molar-refractivity contribution in [3.8, 4) is 5.06 Å². The van der Waals surface area contributed by atoms with Gasteiger partial charge >= 0.3 is 5.97 Å². The third-order valence-electron chi connectivity index (χ3n) is 2.45. The van der Waals surface area contributed by atoms with Gasteiger partial charge in [-0.15, -0.1) is 0 Å². The zero-order chi connectivity index (χ0) is 15.3. The number of aliphatic carboxylic acids is 1. The summed E-state index contributed by atoms with van der Waals surface area (Å²) in [7, 11) is -4.01. The standard InChI is InChI=1S/C9H15N2O7PS/c10-5(8(12)13)3-4-19(15,16)9(14)6-1-2-7(20-6)17-18-11/h1-2,5,9,14H,3-4,10-11H2,(H,12,13)(H,15,16)/t5-,9?/m0/s1. The Hall–Kier alpha value is -1.00. The minimum Gasteiger partial charge on any atom is -0.480 e. The Morgan fingerprint density at radius 1 is 1.50 bits per heavy atom. The van der Waals surface area contributed by atoms with Crippen LogP contribution < -0.4 is 16.5 Å². The molecule has 0 saturated heterocycles. The minimum absolute atomic E-state index is 0.173. The smallest absolute Gasteiger partial charge is 0.320 e. The van der Waals surface area contributed by atoms with E-state index in [9.17, 15) is 19.4 Å². The third-order valence-corrected chi connectivity index (χ3v) is 5.56. The van der Waals surface area contributed by atoms with E-state index in [2.05, 4.69) is 15.8 Å². The zero-order valence-electron chi connectivity index (χ0n) is 10.2. The van der Waals surface area contributed by atoms with Crippen molar-refractivity contribution in [2.45, 2.75) is 18.3 Å². The molecule has 0 bridgehead atoms. The van der Waals surface area contributed by atoms with Gasteiger partial charge in [-0.25, -0.2) is 0 Å². The highest BCUT2D eigenvalue weighted by molar-refractivity contribution is 7.58. The Kier molecular flexibility index (Phi) is 6.08. The summed E-state index contributed by atoms with van der Waals surface area (Å²) in [6.07, 6.45) is -0.635. The van der Waals surface area contributed by atoms with Crippen LogP contribution in [0.5, 0.6) is 5.06 Å². The van der Waals surface area contributed by atoms with Crippen LogP contribution in [0.15, 0.2) is 12.1 Å². The molecule has 0 spiro atoms. The second-order valence-corrected chi connectivity index (χ2v) is 7.45. The number of rotatable bonds is 8. The number of nitrogens with two attached hydrogens (primary N) is 2. The molecule has 0 aliphatic carbocycles. The summed E-state index contributed by atoms with van der Waals surface area (Å²) in [4.78, 5) is 28.9. The number of aliphatic hydroxyl groups is 1. The Morgan fingerprint density at radius 3 is 2.70 bits per heavy atom. The Morgan fingerprint density at radius 2 is 2.15 bits per heavy atom. The molecule has 0 aliphatic rings. The largest absolute Gasteiger partial charge is 0.480 e. The second kappa shape index (κ2) is 7.14. The fourth-order valence-electron chi connectivity index (χ4n) is 1.33. The van der Waals surface area contributed by atoms with E-state index < -0.39 is 31.4 Å². The van der Waals surface area contributed by atoms with Gasteiger partial charge in [0.15, 0.2) is 5.85 Å². The number of aliphatic hydroxyl groups excluding tert-OH is 1. The average Bonchev–Trinajstić information content (AvgIpc) is 2.83. The number of hydrogen-bond donors (Lipinski definition) is 5. The van der Waals surface area contributed by atoms with Crippen molar-refractivity contribution >= 4 is 24.7 Å². The van der Waals surface area contributed by atoms with E-state index >= 15 is 0 Å². The predicted octanol–water partition coefficient (Wildman–Crippen LogP) is -0.00450. The molecule has 3 atom stereocenters. The molecule has 1 heterocycles.